The number of hydrogen-bond donors (Lipinski definition) is 0. The fourth-order valence-electron chi connectivity index (χ4n) is 14.7. The smallest absolute Gasteiger partial charge is 0.132 e. The lowest BCUT2D eigenvalue weighted by Crippen LogP contribution is -2.44. The zero-order valence-electron chi connectivity index (χ0n) is 46.1. The molecule has 0 fully saturated rings. The average molecular weight is 1020 g/mol. The summed E-state index contributed by atoms with van der Waals surface area (Å²) >= 11 is 0. The third-order valence-electron chi connectivity index (χ3n) is 19.1. The van der Waals surface area contributed by atoms with Crippen molar-refractivity contribution in [3.8, 4) is 5.75 Å². The maximum Gasteiger partial charge on any atom is 0.132 e. The zero-order valence-corrected chi connectivity index (χ0v) is 46.1. The van der Waals surface area contributed by atoms with Crippen LogP contribution in [0.3, 0.4) is 0 Å². The molecule has 0 N–H and O–H groups in total. The number of rotatable bonds is 8. The average Bonchev–Trinajstić information content (AvgIpc) is 4.13. The molecule has 11 aliphatic rings. The van der Waals surface area contributed by atoms with Crippen LogP contribution in [0.4, 0.5) is 0 Å². The number of fused-ring (bicyclic) bond motifs is 9. The van der Waals surface area contributed by atoms with Gasteiger partial charge in [-0.05, 0) is 132 Å². The minimum Gasteiger partial charge on any atom is -0.489 e. The molecule has 2 aromatic carbocycles. The molecule has 0 saturated heterocycles. The molecule has 3 aromatic rings. The van der Waals surface area contributed by atoms with Crippen molar-refractivity contribution in [1.29, 1.82) is 0 Å². The van der Waals surface area contributed by atoms with Gasteiger partial charge in [-0.1, -0.05) is 175 Å². The lowest BCUT2D eigenvalue weighted by Gasteiger charge is -2.44. The number of furan rings is 1. The summed E-state index contributed by atoms with van der Waals surface area (Å²) in [5, 5.41) is 0. The summed E-state index contributed by atoms with van der Waals surface area (Å²) in [6.45, 7) is 14.0. The number of aryl methyl sites for hydroxylation is 1. The quantitative estimate of drug-likeness (QED) is 0.210. The molecule has 2 aliphatic heterocycles. The van der Waals surface area contributed by atoms with Crippen molar-refractivity contribution in [1.82, 2.24) is 9.80 Å². The standard InChI is InChI=1S/C72H76N2O3/c1-71(2,3)51-24-15-45(16-25-51)47-19-28-53(29-20-47)73(56-33-36-61-59-11-7-9-13-65(59)75-68(61)42-56)55-32-23-49-40-64-63-38-35-58(44-70(63)77-67(64)41-50(49)39-55)74(57-34-37-62-60-12-8-10-14-66(60)76-69(62)43-57)54-30-21-48(22-31-54)46-17-26-52(27-18-46)72(4,5)6/h7-8,10-12,14-15,17-24,26-28,30,32,34-35,37-38,40,42-45,50-51,53-55,62-63,69-70H,9,13,16,25,29,31,33,36,39,41H2,1-6H3. The SMILES string of the molecule is CC(C)(C)c1ccc(C2=CCC(N(C3=CC4OC5=C(C=C6C=CC(N(C7=Cc8oc9c(c8CC7)C=CCC9)C7C=CC(C8C=CC(C(C)(C)C)CC8)=CC7)CC6C5)C4C=C3)C3=CC4Oc5ccccc5C4C=C3)C=C2)cc1. The van der Waals surface area contributed by atoms with Crippen molar-refractivity contribution < 1.29 is 13.9 Å². The summed E-state index contributed by atoms with van der Waals surface area (Å²) < 4.78 is 20.5. The van der Waals surface area contributed by atoms with E-state index in [9.17, 15) is 0 Å². The van der Waals surface area contributed by atoms with Crippen LogP contribution in [0, 0.1) is 29.1 Å². The van der Waals surface area contributed by atoms with Crippen molar-refractivity contribution in [2.75, 3.05) is 0 Å². The van der Waals surface area contributed by atoms with Gasteiger partial charge in [0, 0.05) is 82.1 Å². The molecule has 0 spiro atoms. The number of hydrogen-bond acceptors (Lipinski definition) is 5. The van der Waals surface area contributed by atoms with Crippen LogP contribution < -0.4 is 4.74 Å². The second-order valence-electron chi connectivity index (χ2n) is 25.9. The molecular weight excluding hydrogens is 941 g/mol. The van der Waals surface area contributed by atoms with E-state index in [1.54, 1.807) is 0 Å². The number of ether oxygens (including phenoxy) is 2. The fraction of sp³-hybridized carbons (Fsp3) is 0.389. The van der Waals surface area contributed by atoms with Crippen molar-refractivity contribution in [3.05, 3.63) is 237 Å². The van der Waals surface area contributed by atoms with Gasteiger partial charge in [-0.25, -0.2) is 0 Å². The number of benzene rings is 2. The number of allylic oxidation sites excluding steroid dienone is 14. The van der Waals surface area contributed by atoms with Gasteiger partial charge in [-0.15, -0.1) is 0 Å². The number of para-hydroxylation sites is 1. The molecule has 1 aromatic heterocycles. The Labute approximate surface area is 458 Å². The highest BCUT2D eigenvalue weighted by Crippen LogP contribution is 2.50. The molecule has 5 nitrogen and oxygen atoms in total. The molecule has 5 heteroatoms. The van der Waals surface area contributed by atoms with Gasteiger partial charge in [0.15, 0.2) is 0 Å². The monoisotopic (exact) mass is 1020 g/mol. The Hall–Kier alpha value is -6.72. The van der Waals surface area contributed by atoms with Crippen molar-refractivity contribution >= 4 is 17.7 Å². The van der Waals surface area contributed by atoms with E-state index in [0.29, 0.717) is 23.2 Å². The van der Waals surface area contributed by atoms with Crippen LogP contribution in [0.1, 0.15) is 138 Å². The van der Waals surface area contributed by atoms with Gasteiger partial charge in [0.05, 0.1) is 12.1 Å². The van der Waals surface area contributed by atoms with E-state index < -0.39 is 0 Å². The van der Waals surface area contributed by atoms with Crippen LogP contribution in [0.15, 0.2) is 202 Å². The summed E-state index contributed by atoms with van der Waals surface area (Å²) in [4.78, 5) is 5.34. The van der Waals surface area contributed by atoms with Crippen molar-refractivity contribution in [3.63, 3.8) is 0 Å². The lowest BCUT2D eigenvalue weighted by molar-refractivity contribution is 0.144. The normalized spacial score (nSPS) is 30.2. The highest BCUT2D eigenvalue weighted by atomic mass is 16.5. The first kappa shape index (κ1) is 48.6. The second-order valence-corrected chi connectivity index (χ2v) is 25.9. The van der Waals surface area contributed by atoms with Crippen molar-refractivity contribution in [2.24, 2.45) is 29.1 Å². The molecule has 0 bridgehead atoms. The molecule has 392 valence electrons. The van der Waals surface area contributed by atoms with Crippen LogP contribution in [0.25, 0.3) is 17.7 Å². The first-order valence-electron chi connectivity index (χ1n) is 29.4. The van der Waals surface area contributed by atoms with E-state index in [2.05, 4.69) is 221 Å². The Bertz CT molecular complexity index is 3350. The summed E-state index contributed by atoms with van der Waals surface area (Å²) in [7, 11) is 0. The summed E-state index contributed by atoms with van der Waals surface area (Å²) in [6.07, 6.45) is 59.0. The minimum atomic E-state index is -0.0639. The Kier molecular flexibility index (Phi) is 12.0. The third-order valence-corrected chi connectivity index (χ3v) is 19.1. The maximum absolute atomic E-state index is 7.19. The maximum atomic E-state index is 7.19. The van der Waals surface area contributed by atoms with E-state index in [-0.39, 0.29) is 47.6 Å². The first-order valence-corrected chi connectivity index (χ1v) is 29.4. The Morgan fingerprint density at radius 3 is 2.16 bits per heavy atom. The minimum absolute atomic E-state index is 0.0427. The van der Waals surface area contributed by atoms with E-state index in [0.717, 1.165) is 62.9 Å². The Balaban J connectivity index is 0.716. The summed E-state index contributed by atoms with van der Waals surface area (Å²) in [6, 6.07) is 18.4. The molecule has 9 aliphatic carbocycles. The number of nitrogens with zero attached hydrogens (tertiary/aromatic N) is 2. The van der Waals surface area contributed by atoms with Crippen molar-refractivity contribution in [2.45, 2.75) is 147 Å². The van der Waals surface area contributed by atoms with Crippen LogP contribution >= 0.6 is 0 Å². The molecule has 10 atom stereocenters. The van der Waals surface area contributed by atoms with Gasteiger partial charge in [-0.2, -0.15) is 0 Å². The molecule has 3 heterocycles. The van der Waals surface area contributed by atoms with E-state index in [1.165, 1.54) is 91.6 Å². The van der Waals surface area contributed by atoms with Gasteiger partial charge >= 0.3 is 0 Å². The van der Waals surface area contributed by atoms with Crippen LogP contribution in [-0.4, -0.2) is 40.1 Å². The predicted octanol–water partition coefficient (Wildman–Crippen LogP) is 16.7. The van der Waals surface area contributed by atoms with Gasteiger partial charge in [0.25, 0.3) is 0 Å². The highest BCUT2D eigenvalue weighted by Gasteiger charge is 2.43. The van der Waals surface area contributed by atoms with E-state index in [4.69, 9.17) is 13.9 Å². The zero-order chi connectivity index (χ0) is 52.2. The summed E-state index contributed by atoms with van der Waals surface area (Å²) in [5.74, 6) is 6.37. The van der Waals surface area contributed by atoms with Crippen LogP contribution in [0.2, 0.25) is 0 Å². The van der Waals surface area contributed by atoms with E-state index in [1.807, 2.05) is 0 Å². The molecule has 0 amide bonds. The topological polar surface area (TPSA) is 38.1 Å². The van der Waals surface area contributed by atoms with Gasteiger partial charge < -0.3 is 23.7 Å². The van der Waals surface area contributed by atoms with Gasteiger partial charge in [-0.3, -0.25) is 0 Å². The predicted molar refractivity (Wildman–Crippen MR) is 314 cm³/mol. The molecule has 10 unspecified atom stereocenters. The van der Waals surface area contributed by atoms with Gasteiger partial charge in [0.2, 0.25) is 0 Å². The largest absolute Gasteiger partial charge is 0.489 e. The molecule has 0 saturated carbocycles. The molecule has 77 heavy (non-hydrogen) atoms. The van der Waals surface area contributed by atoms with Crippen LogP contribution in [-0.2, 0) is 23.0 Å². The molecule has 0 radical (unpaired) electrons. The fourth-order valence-corrected chi connectivity index (χ4v) is 14.7. The molecular formula is C72H76N2O3. The Morgan fingerprint density at radius 2 is 1.40 bits per heavy atom. The Morgan fingerprint density at radius 1 is 0.636 bits per heavy atom. The third kappa shape index (κ3) is 8.94. The highest BCUT2D eigenvalue weighted by molar-refractivity contribution is 5.75. The summed E-state index contributed by atoms with van der Waals surface area (Å²) in [5.41, 5.74) is 16.4. The molecule has 14 rings (SSSR count). The van der Waals surface area contributed by atoms with Crippen LogP contribution in [0.5, 0.6) is 5.75 Å². The second kappa shape index (κ2) is 19.0. The van der Waals surface area contributed by atoms with Gasteiger partial charge in [0.1, 0.15) is 35.2 Å². The lowest BCUT2D eigenvalue weighted by atomic mass is 9.72. The van der Waals surface area contributed by atoms with E-state index >= 15 is 0 Å². The first-order chi connectivity index (χ1) is 37.4.